The van der Waals surface area contributed by atoms with Crippen LogP contribution in [-0.2, 0) is 16.1 Å². The number of pyridine rings is 1. The zero-order chi connectivity index (χ0) is 24.5. The van der Waals surface area contributed by atoms with E-state index in [1.807, 2.05) is 55.2 Å². The van der Waals surface area contributed by atoms with Crippen molar-refractivity contribution in [2.45, 2.75) is 6.54 Å². The third-order valence-electron chi connectivity index (χ3n) is 5.83. The van der Waals surface area contributed by atoms with Gasteiger partial charge in [-0.2, -0.15) is 0 Å². The van der Waals surface area contributed by atoms with Crippen LogP contribution in [0.4, 0.5) is 11.4 Å². The third-order valence-corrected chi connectivity index (χ3v) is 5.83. The van der Waals surface area contributed by atoms with Gasteiger partial charge in [-0.15, -0.1) is 0 Å². The molecule has 35 heavy (non-hydrogen) atoms. The zero-order valence-corrected chi connectivity index (χ0v) is 19.7. The van der Waals surface area contributed by atoms with Crippen molar-refractivity contribution in [3.63, 3.8) is 0 Å². The summed E-state index contributed by atoms with van der Waals surface area (Å²) in [5.41, 5.74) is 6.47. The van der Waals surface area contributed by atoms with Crippen LogP contribution in [0, 0.1) is 0 Å². The van der Waals surface area contributed by atoms with Crippen LogP contribution in [0.1, 0.15) is 27.0 Å². The number of carbonyl (C=O) groups is 2. The molecule has 8 heteroatoms. The van der Waals surface area contributed by atoms with E-state index < -0.39 is 5.97 Å². The van der Waals surface area contributed by atoms with Crippen molar-refractivity contribution in [3.05, 3.63) is 95.4 Å². The van der Waals surface area contributed by atoms with Crippen molar-refractivity contribution in [2.75, 3.05) is 31.8 Å². The van der Waals surface area contributed by atoms with Crippen molar-refractivity contribution < 1.29 is 14.3 Å². The molecule has 3 heterocycles. The number of aromatic nitrogens is 2. The Morgan fingerprint density at radius 2 is 1.86 bits per heavy atom. The summed E-state index contributed by atoms with van der Waals surface area (Å²) in [6.45, 7) is 0.837. The van der Waals surface area contributed by atoms with Gasteiger partial charge < -0.3 is 24.7 Å². The Balaban J connectivity index is 1.62. The highest BCUT2D eigenvalue weighted by atomic mass is 16.5. The molecule has 0 atom stereocenters. The molecule has 5 rings (SSSR count). The maximum atomic E-state index is 13.2. The smallest absolute Gasteiger partial charge is 0.337 e. The molecule has 1 aliphatic heterocycles. The highest BCUT2D eigenvalue weighted by Crippen LogP contribution is 2.38. The molecule has 0 unspecified atom stereocenters. The predicted molar refractivity (Wildman–Crippen MR) is 136 cm³/mol. The lowest BCUT2D eigenvalue weighted by Gasteiger charge is -2.16. The van der Waals surface area contributed by atoms with Crippen LogP contribution >= 0.6 is 0 Å². The van der Waals surface area contributed by atoms with E-state index >= 15 is 0 Å². The number of esters is 1. The predicted octanol–water partition coefficient (Wildman–Crippen LogP) is 4.12. The van der Waals surface area contributed by atoms with Gasteiger partial charge in [0, 0.05) is 41.9 Å². The normalized spacial score (nSPS) is 14.1. The summed E-state index contributed by atoms with van der Waals surface area (Å²) >= 11 is 0. The van der Waals surface area contributed by atoms with Gasteiger partial charge in [-0.3, -0.25) is 4.79 Å². The van der Waals surface area contributed by atoms with E-state index in [1.165, 1.54) is 12.7 Å². The number of fused-ring (bicyclic) bond motifs is 2. The van der Waals surface area contributed by atoms with E-state index in [4.69, 9.17) is 4.74 Å². The zero-order valence-electron chi connectivity index (χ0n) is 19.7. The molecule has 2 aromatic carbocycles. The minimum Gasteiger partial charge on any atom is -0.465 e. The number of rotatable bonds is 6. The lowest BCUT2D eigenvalue weighted by Crippen LogP contribution is -2.11. The lowest BCUT2D eigenvalue weighted by atomic mass is 9.99. The van der Waals surface area contributed by atoms with Crippen LogP contribution in [0.15, 0.2) is 73.2 Å². The van der Waals surface area contributed by atoms with Gasteiger partial charge in [-0.25, -0.2) is 9.78 Å². The summed E-state index contributed by atoms with van der Waals surface area (Å²) in [5, 5.41) is 6.37. The number of amides is 1. The number of benzene rings is 2. The van der Waals surface area contributed by atoms with Gasteiger partial charge in [0.25, 0.3) is 5.91 Å². The topological polar surface area (TPSA) is 88.0 Å². The van der Waals surface area contributed by atoms with Crippen molar-refractivity contribution >= 4 is 40.2 Å². The molecule has 0 saturated heterocycles. The minimum absolute atomic E-state index is 0.250. The Morgan fingerprint density at radius 1 is 1.09 bits per heavy atom. The average Bonchev–Trinajstić information content (AvgIpc) is 3.45. The van der Waals surface area contributed by atoms with Crippen LogP contribution in [0.25, 0.3) is 16.9 Å². The van der Waals surface area contributed by atoms with Crippen molar-refractivity contribution in [1.82, 2.24) is 14.3 Å². The molecule has 0 radical (unpaired) electrons. The Morgan fingerprint density at radius 3 is 2.60 bits per heavy atom. The molecule has 176 valence electrons. The molecule has 0 fully saturated rings. The molecule has 1 amide bonds. The second kappa shape index (κ2) is 9.08. The van der Waals surface area contributed by atoms with Crippen molar-refractivity contribution in [1.29, 1.82) is 0 Å². The second-order valence-corrected chi connectivity index (χ2v) is 8.63. The monoisotopic (exact) mass is 467 g/mol. The van der Waals surface area contributed by atoms with Crippen LogP contribution in [0.2, 0.25) is 0 Å². The van der Waals surface area contributed by atoms with Crippen LogP contribution < -0.4 is 10.6 Å². The van der Waals surface area contributed by atoms with Gasteiger partial charge in [0.1, 0.15) is 5.65 Å². The number of anilines is 2. The molecule has 0 aliphatic carbocycles. The standard InChI is InChI=1S/C27H25N5O3/c1-31(2)15-17-4-8-20(9-5-17)29-25(19-7-11-23-28-12-13-32(23)16-19)24-21-10-6-18(27(34)35-3)14-22(21)30-26(24)33/h4-14,16,29H,15H2,1-3H3,(H,30,33). The Bertz CT molecular complexity index is 1470. The summed E-state index contributed by atoms with van der Waals surface area (Å²) in [4.78, 5) is 31.6. The summed E-state index contributed by atoms with van der Waals surface area (Å²) in [6.07, 6.45) is 5.53. The number of hydrogen-bond donors (Lipinski definition) is 2. The maximum absolute atomic E-state index is 13.2. The van der Waals surface area contributed by atoms with E-state index in [2.05, 4.69) is 32.7 Å². The first-order valence-corrected chi connectivity index (χ1v) is 11.1. The molecule has 0 bridgehead atoms. The first-order valence-electron chi connectivity index (χ1n) is 11.1. The van der Waals surface area contributed by atoms with Crippen LogP contribution in [0.5, 0.6) is 0 Å². The molecule has 2 N–H and O–H groups in total. The summed E-state index contributed by atoms with van der Waals surface area (Å²) < 4.78 is 6.73. The number of nitrogens with zero attached hydrogens (tertiary/aromatic N) is 3. The number of methoxy groups -OCH3 is 1. The van der Waals surface area contributed by atoms with Gasteiger partial charge in [0.05, 0.1) is 29.6 Å². The fourth-order valence-electron chi connectivity index (χ4n) is 4.22. The average molecular weight is 468 g/mol. The second-order valence-electron chi connectivity index (χ2n) is 8.63. The van der Waals surface area contributed by atoms with E-state index in [0.29, 0.717) is 28.1 Å². The first kappa shape index (κ1) is 22.4. The molecule has 4 aromatic rings. The third kappa shape index (κ3) is 4.39. The Labute approximate surface area is 202 Å². The highest BCUT2D eigenvalue weighted by molar-refractivity contribution is 6.37. The fourth-order valence-corrected chi connectivity index (χ4v) is 4.22. The molecule has 8 nitrogen and oxygen atoms in total. The number of imidazole rings is 1. The quantitative estimate of drug-likeness (QED) is 0.328. The van der Waals surface area contributed by atoms with Crippen molar-refractivity contribution in [2.24, 2.45) is 0 Å². The molecular weight excluding hydrogens is 442 g/mol. The molecular formula is C27H25N5O3. The number of carbonyl (C=O) groups excluding carboxylic acids is 2. The van der Waals surface area contributed by atoms with Gasteiger partial charge in [-0.1, -0.05) is 18.2 Å². The van der Waals surface area contributed by atoms with E-state index in [9.17, 15) is 9.59 Å². The van der Waals surface area contributed by atoms with E-state index in [1.54, 1.807) is 24.4 Å². The molecule has 2 aromatic heterocycles. The van der Waals surface area contributed by atoms with Gasteiger partial charge in [-0.05, 0) is 56.1 Å². The van der Waals surface area contributed by atoms with E-state index in [0.717, 1.165) is 23.4 Å². The van der Waals surface area contributed by atoms with E-state index in [-0.39, 0.29) is 5.91 Å². The van der Waals surface area contributed by atoms with Crippen LogP contribution in [-0.4, -0.2) is 47.4 Å². The molecule has 0 saturated carbocycles. The van der Waals surface area contributed by atoms with Crippen LogP contribution in [0.3, 0.4) is 0 Å². The maximum Gasteiger partial charge on any atom is 0.337 e. The molecule has 0 spiro atoms. The summed E-state index contributed by atoms with van der Waals surface area (Å²) in [6, 6.07) is 17.1. The number of ether oxygens (including phenoxy) is 1. The summed E-state index contributed by atoms with van der Waals surface area (Å²) in [7, 11) is 5.39. The minimum atomic E-state index is -0.457. The first-order chi connectivity index (χ1) is 16.9. The number of nitrogens with one attached hydrogen (secondary N) is 2. The SMILES string of the molecule is COC(=O)c1ccc2c(c1)NC(=O)C2=C(Nc1ccc(CN(C)C)cc1)c1ccc2nccn2c1. The largest absolute Gasteiger partial charge is 0.465 e. The van der Waals surface area contributed by atoms with Gasteiger partial charge in [0.15, 0.2) is 0 Å². The number of hydrogen-bond acceptors (Lipinski definition) is 6. The Hall–Kier alpha value is -4.43. The lowest BCUT2D eigenvalue weighted by molar-refractivity contribution is -0.110. The van der Waals surface area contributed by atoms with Crippen molar-refractivity contribution in [3.8, 4) is 0 Å². The highest BCUT2D eigenvalue weighted by Gasteiger charge is 2.29. The fraction of sp³-hybridized carbons (Fsp3) is 0.148. The Kier molecular flexibility index (Phi) is 5.80. The van der Waals surface area contributed by atoms with Gasteiger partial charge in [0.2, 0.25) is 0 Å². The van der Waals surface area contributed by atoms with Gasteiger partial charge >= 0.3 is 5.97 Å². The summed E-state index contributed by atoms with van der Waals surface area (Å²) in [5.74, 6) is -0.708. The molecule has 1 aliphatic rings.